The van der Waals surface area contributed by atoms with Crippen LogP contribution in [0.25, 0.3) is 10.8 Å². The summed E-state index contributed by atoms with van der Waals surface area (Å²) in [6.07, 6.45) is 6.59. The lowest BCUT2D eigenvalue weighted by Crippen LogP contribution is -2.01. The minimum Gasteiger partial charge on any atom is -0.478 e. The van der Waals surface area contributed by atoms with Gasteiger partial charge in [-0.1, -0.05) is 44.9 Å². The van der Waals surface area contributed by atoms with Gasteiger partial charge < -0.3 is 5.11 Å². The molecule has 0 bridgehead atoms. The molecule has 0 saturated carbocycles. The smallest absolute Gasteiger partial charge is 0.335 e. The lowest BCUT2D eigenvalue weighted by atomic mass is 9.92. The number of carbonyl (C=O) groups is 1. The monoisotopic (exact) mass is 284 g/mol. The first-order chi connectivity index (χ1) is 10.2. The molecule has 21 heavy (non-hydrogen) atoms. The van der Waals surface area contributed by atoms with E-state index in [-0.39, 0.29) is 0 Å². The molecular weight excluding hydrogens is 260 g/mol. The summed E-state index contributed by atoms with van der Waals surface area (Å²) < 4.78 is 0. The van der Waals surface area contributed by atoms with Crippen LogP contribution in [0.1, 0.15) is 61.0 Å². The Hall–Kier alpha value is -1.83. The van der Waals surface area contributed by atoms with Gasteiger partial charge in [0.05, 0.1) is 5.56 Å². The maximum atomic E-state index is 11.3. The normalized spacial score (nSPS) is 11.0. The van der Waals surface area contributed by atoms with Crippen LogP contribution in [-0.2, 0) is 12.8 Å². The Morgan fingerprint density at radius 1 is 1.00 bits per heavy atom. The number of aromatic carboxylic acids is 1. The molecule has 0 spiro atoms. The van der Waals surface area contributed by atoms with Crippen LogP contribution >= 0.6 is 0 Å². The topological polar surface area (TPSA) is 37.3 Å². The van der Waals surface area contributed by atoms with Crippen molar-refractivity contribution in [2.75, 3.05) is 0 Å². The van der Waals surface area contributed by atoms with E-state index in [9.17, 15) is 9.90 Å². The second-order valence-corrected chi connectivity index (χ2v) is 5.66. The average Bonchev–Trinajstić information content (AvgIpc) is 2.49. The molecule has 0 aliphatic carbocycles. The molecule has 1 N–H and O–H groups in total. The molecule has 0 atom stereocenters. The predicted molar refractivity (Wildman–Crippen MR) is 88.1 cm³/mol. The van der Waals surface area contributed by atoms with E-state index in [1.165, 1.54) is 29.4 Å². The van der Waals surface area contributed by atoms with Gasteiger partial charge >= 0.3 is 5.97 Å². The van der Waals surface area contributed by atoms with Crippen molar-refractivity contribution >= 4 is 16.7 Å². The van der Waals surface area contributed by atoms with Crippen molar-refractivity contribution in [2.45, 2.75) is 52.4 Å². The maximum absolute atomic E-state index is 11.3. The molecular formula is C19H24O2. The Morgan fingerprint density at radius 2 is 1.67 bits per heavy atom. The van der Waals surface area contributed by atoms with E-state index in [1.54, 1.807) is 0 Å². The molecule has 0 aliphatic heterocycles. The molecule has 2 nitrogen and oxygen atoms in total. The first-order valence-corrected chi connectivity index (χ1v) is 7.95. The first kappa shape index (κ1) is 15.6. The highest BCUT2D eigenvalue weighted by Crippen LogP contribution is 2.27. The van der Waals surface area contributed by atoms with Gasteiger partial charge in [-0.25, -0.2) is 4.79 Å². The summed E-state index contributed by atoms with van der Waals surface area (Å²) in [5.74, 6) is -0.839. The van der Waals surface area contributed by atoms with Crippen molar-refractivity contribution in [3.63, 3.8) is 0 Å². The molecule has 0 aliphatic rings. The van der Waals surface area contributed by atoms with Crippen LogP contribution in [0.3, 0.4) is 0 Å². The predicted octanol–water partition coefficient (Wildman–Crippen LogP) is 5.22. The fourth-order valence-electron chi connectivity index (χ4n) is 2.86. The van der Waals surface area contributed by atoms with Crippen molar-refractivity contribution in [1.82, 2.24) is 0 Å². The molecule has 0 radical (unpaired) electrons. The third-order valence-corrected chi connectivity index (χ3v) is 3.99. The number of carboxylic acids is 1. The summed E-state index contributed by atoms with van der Waals surface area (Å²) in [5.41, 5.74) is 2.96. The Bertz CT molecular complexity index is 629. The zero-order valence-corrected chi connectivity index (χ0v) is 13.0. The summed E-state index contributed by atoms with van der Waals surface area (Å²) in [6, 6.07) is 9.95. The van der Waals surface area contributed by atoms with E-state index in [0.29, 0.717) is 5.56 Å². The minimum atomic E-state index is -0.839. The van der Waals surface area contributed by atoms with Gasteiger partial charge in [-0.05, 0) is 59.7 Å². The summed E-state index contributed by atoms with van der Waals surface area (Å²) in [5, 5.41) is 11.7. The van der Waals surface area contributed by atoms with E-state index < -0.39 is 5.97 Å². The number of unbranched alkanes of at least 4 members (excludes halogenated alkanes) is 2. The van der Waals surface area contributed by atoms with E-state index in [2.05, 4.69) is 19.9 Å². The van der Waals surface area contributed by atoms with Gasteiger partial charge in [-0.15, -0.1) is 0 Å². The van der Waals surface area contributed by atoms with Crippen LogP contribution in [0.2, 0.25) is 0 Å². The molecule has 112 valence electrons. The van der Waals surface area contributed by atoms with Gasteiger partial charge in [-0.2, -0.15) is 0 Å². The van der Waals surface area contributed by atoms with Gasteiger partial charge in [-0.3, -0.25) is 0 Å². The Kier molecular flexibility index (Phi) is 5.38. The van der Waals surface area contributed by atoms with E-state index in [4.69, 9.17) is 0 Å². The lowest BCUT2D eigenvalue weighted by Gasteiger charge is -2.13. The van der Waals surface area contributed by atoms with Crippen molar-refractivity contribution in [3.05, 3.63) is 47.0 Å². The molecule has 2 heteroatoms. The number of fused-ring (bicyclic) bond motifs is 1. The third kappa shape index (κ3) is 3.63. The number of hydrogen-bond donors (Lipinski definition) is 1. The highest BCUT2D eigenvalue weighted by molar-refractivity contribution is 5.97. The van der Waals surface area contributed by atoms with Crippen LogP contribution in [0.4, 0.5) is 0 Å². The fraction of sp³-hybridized carbons (Fsp3) is 0.421. The van der Waals surface area contributed by atoms with Gasteiger partial charge in [0, 0.05) is 0 Å². The molecule has 2 aromatic rings. The SMILES string of the molecule is CCCCc1cccc2cc(C(=O)O)cc(CCCC)c12. The van der Waals surface area contributed by atoms with Crippen LogP contribution in [0.5, 0.6) is 0 Å². The summed E-state index contributed by atoms with van der Waals surface area (Å²) in [7, 11) is 0. The number of carboxylic acid groups (broad SMARTS) is 1. The third-order valence-electron chi connectivity index (χ3n) is 3.99. The van der Waals surface area contributed by atoms with E-state index in [0.717, 1.165) is 31.1 Å². The maximum Gasteiger partial charge on any atom is 0.335 e. The standard InChI is InChI=1S/C19H24O2/c1-3-5-8-14-10-7-11-16-13-17(19(20)21)12-15(18(14)16)9-6-4-2/h7,10-13H,3-6,8-9H2,1-2H3,(H,20,21). The molecule has 2 rings (SSSR count). The second kappa shape index (κ2) is 7.26. The van der Waals surface area contributed by atoms with Crippen LogP contribution in [0, 0.1) is 0 Å². The zero-order valence-electron chi connectivity index (χ0n) is 13.0. The average molecular weight is 284 g/mol. The number of benzene rings is 2. The number of hydrogen-bond acceptors (Lipinski definition) is 1. The number of rotatable bonds is 7. The summed E-state index contributed by atoms with van der Waals surface area (Å²) >= 11 is 0. The molecule has 0 unspecified atom stereocenters. The Labute approximate surface area is 126 Å². The van der Waals surface area contributed by atoms with Crippen molar-refractivity contribution in [2.24, 2.45) is 0 Å². The molecule has 0 heterocycles. The highest BCUT2D eigenvalue weighted by atomic mass is 16.4. The molecule has 0 saturated heterocycles. The largest absolute Gasteiger partial charge is 0.478 e. The van der Waals surface area contributed by atoms with E-state index >= 15 is 0 Å². The Morgan fingerprint density at radius 3 is 2.29 bits per heavy atom. The zero-order chi connectivity index (χ0) is 15.2. The van der Waals surface area contributed by atoms with Crippen molar-refractivity contribution < 1.29 is 9.90 Å². The first-order valence-electron chi connectivity index (χ1n) is 7.95. The molecule has 2 aromatic carbocycles. The van der Waals surface area contributed by atoms with Gasteiger partial charge in [0.1, 0.15) is 0 Å². The van der Waals surface area contributed by atoms with Gasteiger partial charge in [0.15, 0.2) is 0 Å². The molecule has 0 amide bonds. The van der Waals surface area contributed by atoms with E-state index in [1.807, 2.05) is 24.3 Å². The van der Waals surface area contributed by atoms with Crippen molar-refractivity contribution in [3.8, 4) is 0 Å². The van der Waals surface area contributed by atoms with Crippen molar-refractivity contribution in [1.29, 1.82) is 0 Å². The molecule has 0 aromatic heterocycles. The van der Waals surface area contributed by atoms with Crippen LogP contribution in [-0.4, -0.2) is 11.1 Å². The van der Waals surface area contributed by atoms with Crippen LogP contribution in [0.15, 0.2) is 30.3 Å². The summed E-state index contributed by atoms with van der Waals surface area (Å²) in [4.78, 5) is 11.3. The summed E-state index contributed by atoms with van der Waals surface area (Å²) in [6.45, 7) is 4.37. The quantitative estimate of drug-likeness (QED) is 0.756. The fourth-order valence-corrected chi connectivity index (χ4v) is 2.86. The minimum absolute atomic E-state index is 0.404. The number of aryl methyl sites for hydroxylation is 2. The Balaban J connectivity index is 2.57. The van der Waals surface area contributed by atoms with Crippen LogP contribution < -0.4 is 0 Å². The second-order valence-electron chi connectivity index (χ2n) is 5.66. The van der Waals surface area contributed by atoms with Gasteiger partial charge in [0.25, 0.3) is 0 Å². The molecule has 0 fully saturated rings. The lowest BCUT2D eigenvalue weighted by molar-refractivity contribution is 0.0697. The van der Waals surface area contributed by atoms with Gasteiger partial charge in [0.2, 0.25) is 0 Å². The highest BCUT2D eigenvalue weighted by Gasteiger charge is 2.11.